The van der Waals surface area contributed by atoms with E-state index in [-0.39, 0.29) is 18.3 Å². The number of oxazole rings is 1. The Morgan fingerprint density at radius 3 is 2.87 bits per heavy atom. The lowest BCUT2D eigenvalue weighted by Gasteiger charge is -1.96. The maximum Gasteiger partial charge on any atom is 0.229 e. The van der Waals surface area contributed by atoms with Gasteiger partial charge >= 0.3 is 0 Å². The summed E-state index contributed by atoms with van der Waals surface area (Å²) in [6.07, 6.45) is 1.89. The Balaban J connectivity index is 2.33. The summed E-state index contributed by atoms with van der Waals surface area (Å²) in [6.45, 7) is -0.00803. The Hall–Kier alpha value is -1.68. The lowest BCUT2D eigenvalue weighted by Crippen LogP contribution is -1.86. The third-order valence-electron chi connectivity index (χ3n) is 2.02. The Labute approximate surface area is 86.2 Å². The molecule has 0 amide bonds. The lowest BCUT2D eigenvalue weighted by molar-refractivity contribution is 0.288. The van der Waals surface area contributed by atoms with Gasteiger partial charge in [-0.25, -0.2) is 9.37 Å². The fourth-order valence-electron chi connectivity index (χ4n) is 1.29. The van der Waals surface area contributed by atoms with Crippen molar-refractivity contribution >= 4 is 0 Å². The first-order valence-corrected chi connectivity index (χ1v) is 4.61. The van der Waals surface area contributed by atoms with Crippen LogP contribution in [0.2, 0.25) is 0 Å². The number of nitrogens with zero attached hydrogens (tertiary/aromatic N) is 1. The van der Waals surface area contributed by atoms with E-state index in [1.54, 1.807) is 18.2 Å². The molecule has 0 aliphatic rings. The molecule has 0 saturated heterocycles. The molecule has 2 aromatic rings. The van der Waals surface area contributed by atoms with Crippen LogP contribution in [-0.2, 0) is 6.42 Å². The molecule has 1 heterocycles. The molecule has 15 heavy (non-hydrogen) atoms. The normalized spacial score (nSPS) is 10.5. The highest BCUT2D eigenvalue weighted by molar-refractivity contribution is 5.53. The minimum Gasteiger partial charge on any atom is -0.441 e. The first-order valence-electron chi connectivity index (χ1n) is 4.61. The van der Waals surface area contributed by atoms with E-state index in [1.807, 2.05) is 0 Å². The van der Waals surface area contributed by atoms with E-state index < -0.39 is 0 Å². The highest BCUT2D eigenvalue weighted by atomic mass is 19.1. The SMILES string of the molecule is OCCc1cnc(-c2ccccc2F)o1. The lowest BCUT2D eigenvalue weighted by atomic mass is 10.2. The van der Waals surface area contributed by atoms with Crippen molar-refractivity contribution in [1.29, 1.82) is 0 Å². The van der Waals surface area contributed by atoms with Gasteiger partial charge < -0.3 is 9.52 Å². The Morgan fingerprint density at radius 2 is 2.13 bits per heavy atom. The van der Waals surface area contributed by atoms with E-state index in [2.05, 4.69) is 4.98 Å². The van der Waals surface area contributed by atoms with Crippen LogP contribution in [-0.4, -0.2) is 16.7 Å². The van der Waals surface area contributed by atoms with Gasteiger partial charge in [-0.05, 0) is 12.1 Å². The van der Waals surface area contributed by atoms with E-state index in [9.17, 15) is 4.39 Å². The summed E-state index contributed by atoms with van der Waals surface area (Å²) in [5.41, 5.74) is 0.335. The maximum absolute atomic E-state index is 13.3. The highest BCUT2D eigenvalue weighted by Crippen LogP contribution is 2.21. The second-order valence-corrected chi connectivity index (χ2v) is 3.09. The minimum absolute atomic E-state index is 0.00803. The first-order chi connectivity index (χ1) is 7.31. The Kier molecular flexibility index (Phi) is 2.78. The number of aliphatic hydroxyl groups is 1. The zero-order valence-electron chi connectivity index (χ0n) is 7.98. The number of rotatable bonds is 3. The average Bonchev–Trinajstić information content (AvgIpc) is 2.68. The van der Waals surface area contributed by atoms with Gasteiger partial charge in [-0.3, -0.25) is 0 Å². The van der Waals surface area contributed by atoms with Crippen molar-refractivity contribution in [3.05, 3.63) is 42.0 Å². The predicted molar refractivity (Wildman–Crippen MR) is 52.7 cm³/mol. The van der Waals surface area contributed by atoms with Crippen LogP contribution in [0, 0.1) is 5.82 Å². The highest BCUT2D eigenvalue weighted by Gasteiger charge is 2.10. The van der Waals surface area contributed by atoms with Crippen molar-refractivity contribution in [3.8, 4) is 11.5 Å². The van der Waals surface area contributed by atoms with Gasteiger partial charge in [0.1, 0.15) is 11.6 Å². The summed E-state index contributed by atoms with van der Waals surface area (Å²) in [6, 6.07) is 6.28. The van der Waals surface area contributed by atoms with Crippen molar-refractivity contribution in [3.63, 3.8) is 0 Å². The molecule has 0 aliphatic heterocycles. The molecule has 3 nitrogen and oxygen atoms in total. The van der Waals surface area contributed by atoms with Crippen molar-refractivity contribution in [1.82, 2.24) is 4.98 Å². The molecule has 2 rings (SSSR count). The molecule has 1 aromatic heterocycles. The summed E-state index contributed by atoms with van der Waals surface area (Å²) in [5, 5.41) is 8.69. The molecule has 0 saturated carbocycles. The van der Waals surface area contributed by atoms with Gasteiger partial charge in [0.05, 0.1) is 18.4 Å². The van der Waals surface area contributed by atoms with E-state index in [1.165, 1.54) is 12.3 Å². The quantitative estimate of drug-likeness (QED) is 0.837. The summed E-state index contributed by atoms with van der Waals surface area (Å²) < 4.78 is 18.6. The third kappa shape index (κ3) is 2.05. The van der Waals surface area contributed by atoms with Crippen molar-refractivity contribution in [2.75, 3.05) is 6.61 Å². The summed E-state index contributed by atoms with van der Waals surface area (Å²) >= 11 is 0. The van der Waals surface area contributed by atoms with Gasteiger partial charge in [0.25, 0.3) is 0 Å². The van der Waals surface area contributed by atoms with Crippen LogP contribution in [0.3, 0.4) is 0 Å². The van der Waals surface area contributed by atoms with E-state index in [0.29, 0.717) is 17.7 Å². The second kappa shape index (κ2) is 4.23. The van der Waals surface area contributed by atoms with Crippen LogP contribution < -0.4 is 0 Å². The van der Waals surface area contributed by atoms with Gasteiger partial charge in [0.2, 0.25) is 5.89 Å². The fraction of sp³-hybridized carbons (Fsp3) is 0.182. The van der Waals surface area contributed by atoms with Gasteiger partial charge in [0.15, 0.2) is 0 Å². The van der Waals surface area contributed by atoms with Crippen LogP contribution in [0.25, 0.3) is 11.5 Å². The smallest absolute Gasteiger partial charge is 0.229 e. The van der Waals surface area contributed by atoms with Crippen molar-refractivity contribution in [2.24, 2.45) is 0 Å². The molecule has 0 spiro atoms. The standard InChI is InChI=1S/C11H10FNO2/c12-10-4-2-1-3-9(10)11-13-7-8(15-11)5-6-14/h1-4,7,14H,5-6H2. The molecule has 78 valence electrons. The van der Waals surface area contributed by atoms with Crippen molar-refractivity contribution < 1.29 is 13.9 Å². The Bertz CT molecular complexity index is 453. The van der Waals surface area contributed by atoms with E-state index >= 15 is 0 Å². The van der Waals surface area contributed by atoms with Crippen molar-refractivity contribution in [2.45, 2.75) is 6.42 Å². The maximum atomic E-state index is 13.3. The third-order valence-corrected chi connectivity index (χ3v) is 2.02. The van der Waals surface area contributed by atoms with Gasteiger partial charge in [-0.2, -0.15) is 0 Å². The average molecular weight is 207 g/mol. The molecule has 0 aliphatic carbocycles. The number of halogens is 1. The molecule has 0 unspecified atom stereocenters. The number of aromatic nitrogens is 1. The molecule has 4 heteroatoms. The van der Waals surface area contributed by atoms with Crippen LogP contribution >= 0.6 is 0 Å². The number of hydrogen-bond acceptors (Lipinski definition) is 3. The van der Waals surface area contributed by atoms with Gasteiger partial charge in [-0.15, -0.1) is 0 Å². The monoisotopic (exact) mass is 207 g/mol. The number of aliphatic hydroxyl groups excluding tert-OH is 1. The van der Waals surface area contributed by atoms with Crippen LogP contribution in [0.1, 0.15) is 5.76 Å². The summed E-state index contributed by atoms with van der Waals surface area (Å²) in [5.74, 6) is 0.433. The molecule has 0 fully saturated rings. The molecular formula is C11H10FNO2. The molecule has 0 radical (unpaired) electrons. The molecule has 1 N–H and O–H groups in total. The number of benzene rings is 1. The largest absolute Gasteiger partial charge is 0.441 e. The summed E-state index contributed by atoms with van der Waals surface area (Å²) in [4.78, 5) is 3.95. The van der Waals surface area contributed by atoms with Crippen LogP contribution in [0.15, 0.2) is 34.9 Å². The van der Waals surface area contributed by atoms with Gasteiger partial charge in [-0.1, -0.05) is 12.1 Å². The zero-order valence-corrected chi connectivity index (χ0v) is 7.98. The second-order valence-electron chi connectivity index (χ2n) is 3.09. The van der Waals surface area contributed by atoms with E-state index in [0.717, 1.165) is 0 Å². The molecule has 0 atom stereocenters. The zero-order chi connectivity index (χ0) is 10.7. The molecule has 1 aromatic carbocycles. The molecule has 0 bridgehead atoms. The fourth-order valence-corrected chi connectivity index (χ4v) is 1.29. The number of hydrogen-bond donors (Lipinski definition) is 1. The van der Waals surface area contributed by atoms with Crippen LogP contribution in [0.5, 0.6) is 0 Å². The molecular weight excluding hydrogens is 197 g/mol. The van der Waals surface area contributed by atoms with Crippen LogP contribution in [0.4, 0.5) is 4.39 Å². The topological polar surface area (TPSA) is 46.3 Å². The predicted octanol–water partition coefficient (Wildman–Crippen LogP) is 2.02. The first kappa shape index (κ1) is 9.86. The summed E-state index contributed by atoms with van der Waals surface area (Å²) in [7, 11) is 0. The Morgan fingerprint density at radius 1 is 1.33 bits per heavy atom. The minimum atomic E-state index is -0.366. The van der Waals surface area contributed by atoms with E-state index in [4.69, 9.17) is 9.52 Å². The van der Waals surface area contributed by atoms with Gasteiger partial charge in [0, 0.05) is 6.42 Å².